The van der Waals surface area contributed by atoms with Crippen molar-refractivity contribution < 1.29 is 28.2 Å². The molecule has 5 heterocycles. The molecule has 1 saturated carbocycles. The van der Waals surface area contributed by atoms with Crippen molar-refractivity contribution in [3.8, 4) is 0 Å². The predicted molar refractivity (Wildman–Crippen MR) is 188 cm³/mol. The van der Waals surface area contributed by atoms with Gasteiger partial charge in [0.15, 0.2) is 0 Å². The van der Waals surface area contributed by atoms with Gasteiger partial charge in [0.2, 0.25) is 5.91 Å². The first-order valence-electron chi connectivity index (χ1n) is 18.0. The summed E-state index contributed by atoms with van der Waals surface area (Å²) in [5.41, 5.74) is -0.314. The Balaban J connectivity index is 0.915. The minimum Gasteiger partial charge on any atom is -0.444 e. The Hall–Kier alpha value is -4.36. The molecule has 8 rings (SSSR count). The summed E-state index contributed by atoms with van der Waals surface area (Å²) in [5.74, 6) is -0.924. The number of hydrogen-bond donors (Lipinski definition) is 1. The Labute approximate surface area is 296 Å². The highest BCUT2D eigenvalue weighted by Gasteiger charge is 2.55. The molecular formula is C38H47FN6O6. The van der Waals surface area contributed by atoms with E-state index in [2.05, 4.69) is 15.1 Å². The van der Waals surface area contributed by atoms with E-state index in [0.717, 1.165) is 45.3 Å². The number of nitrogens with one attached hydrogen (secondary N) is 1. The summed E-state index contributed by atoms with van der Waals surface area (Å²) in [6, 6.07) is 11.7. The Morgan fingerprint density at radius 3 is 2.18 bits per heavy atom. The summed E-state index contributed by atoms with van der Waals surface area (Å²) in [5, 5.41) is 7.98. The topological polar surface area (TPSA) is 128 Å². The van der Waals surface area contributed by atoms with E-state index in [1.807, 2.05) is 37.8 Å². The van der Waals surface area contributed by atoms with Gasteiger partial charge in [-0.15, -0.1) is 0 Å². The van der Waals surface area contributed by atoms with Crippen molar-refractivity contribution in [2.75, 3.05) is 65.5 Å². The van der Waals surface area contributed by atoms with E-state index in [9.17, 15) is 19.2 Å². The quantitative estimate of drug-likeness (QED) is 0.411. The number of hydrogen-bond acceptors (Lipinski definition) is 8. The molecule has 1 aliphatic carbocycles. The number of amides is 3. The van der Waals surface area contributed by atoms with Crippen LogP contribution in [-0.4, -0.2) is 124 Å². The largest absolute Gasteiger partial charge is 0.444 e. The number of aromatic nitrogens is 2. The molecule has 2 aromatic carbocycles. The molecule has 4 aliphatic heterocycles. The van der Waals surface area contributed by atoms with Crippen LogP contribution < -0.4 is 5.56 Å². The Morgan fingerprint density at radius 2 is 1.53 bits per heavy atom. The number of fused-ring (bicyclic) bond motifs is 4. The van der Waals surface area contributed by atoms with Gasteiger partial charge < -0.3 is 24.2 Å². The van der Waals surface area contributed by atoms with Crippen molar-refractivity contribution in [3.63, 3.8) is 0 Å². The van der Waals surface area contributed by atoms with E-state index >= 15 is 4.39 Å². The minimum atomic E-state index is -0.601. The average Bonchev–Trinajstić information content (AvgIpc) is 3.13. The van der Waals surface area contributed by atoms with E-state index < -0.39 is 22.7 Å². The number of benzene rings is 2. The number of halogens is 1. The molecule has 3 amide bonds. The molecule has 1 N–H and O–H groups in total. The maximum Gasteiger partial charge on any atom is 0.410 e. The van der Waals surface area contributed by atoms with Crippen LogP contribution in [0.1, 0.15) is 68.1 Å². The van der Waals surface area contributed by atoms with Gasteiger partial charge in [-0.25, -0.2) is 14.3 Å². The minimum absolute atomic E-state index is 0.0184. The molecule has 2 bridgehead atoms. The van der Waals surface area contributed by atoms with Crippen molar-refractivity contribution in [2.45, 2.75) is 64.1 Å². The van der Waals surface area contributed by atoms with Gasteiger partial charge in [-0.2, -0.15) is 5.10 Å². The molecule has 3 aromatic rings. The van der Waals surface area contributed by atoms with Crippen LogP contribution in [0.2, 0.25) is 0 Å². The fourth-order valence-corrected chi connectivity index (χ4v) is 8.03. The molecule has 5 fully saturated rings. The number of rotatable bonds is 6. The maximum absolute atomic E-state index is 15.0. The van der Waals surface area contributed by atoms with Crippen LogP contribution in [-0.2, 0) is 20.7 Å². The van der Waals surface area contributed by atoms with Crippen LogP contribution in [0.4, 0.5) is 9.18 Å². The van der Waals surface area contributed by atoms with Crippen molar-refractivity contribution in [1.29, 1.82) is 0 Å². The zero-order valence-corrected chi connectivity index (χ0v) is 29.7. The fraction of sp³-hybridized carbons (Fsp3) is 0.553. The number of piperazine rings is 2. The van der Waals surface area contributed by atoms with Gasteiger partial charge in [-0.05, 0) is 70.2 Å². The monoisotopic (exact) mass is 702 g/mol. The molecule has 1 aromatic heterocycles. The van der Waals surface area contributed by atoms with Gasteiger partial charge in [-0.1, -0.05) is 24.3 Å². The van der Waals surface area contributed by atoms with Crippen molar-refractivity contribution >= 4 is 28.7 Å². The summed E-state index contributed by atoms with van der Waals surface area (Å²) in [7, 11) is 0. The van der Waals surface area contributed by atoms with E-state index in [1.54, 1.807) is 34.1 Å². The molecule has 0 radical (unpaired) electrons. The molecule has 13 heteroatoms. The molecule has 272 valence electrons. The van der Waals surface area contributed by atoms with Crippen molar-refractivity contribution in [3.05, 3.63) is 75.5 Å². The van der Waals surface area contributed by atoms with Gasteiger partial charge >= 0.3 is 6.09 Å². The lowest BCUT2D eigenvalue weighted by Crippen LogP contribution is -2.63. The zero-order chi connectivity index (χ0) is 36.0. The second-order valence-electron chi connectivity index (χ2n) is 15.6. The lowest BCUT2D eigenvalue weighted by atomic mass is 9.65. The first-order valence-corrected chi connectivity index (χ1v) is 18.0. The Kier molecular flexibility index (Phi) is 9.38. The first kappa shape index (κ1) is 35.1. The summed E-state index contributed by atoms with van der Waals surface area (Å²) in [6.07, 6.45) is 3.19. The van der Waals surface area contributed by atoms with Crippen LogP contribution in [0.15, 0.2) is 47.3 Å². The normalized spacial score (nSPS) is 24.2. The van der Waals surface area contributed by atoms with Gasteiger partial charge in [0.05, 0.1) is 34.3 Å². The number of carbonyl (C=O) groups excluding carboxylic acids is 3. The number of nitrogens with zero attached hydrogens (tertiary/aromatic N) is 5. The third-order valence-corrected chi connectivity index (χ3v) is 11.0. The zero-order valence-electron chi connectivity index (χ0n) is 29.7. The standard InChI is InChI=1S/C38H47FN6O6/c1-36(2,3)51-35(49)45-16-14-42(15-17-45)24-38-12-10-37(11-13-38,25-50-38)34(48)44-20-18-43(19-21-44)33(47)29-22-26(8-9-30(29)39)23-31-27-6-4-5-7-28(27)32(46)41-40-31/h4-9,22H,10-21,23-25H2,1-3H3,(H,41,46). The van der Waals surface area contributed by atoms with E-state index in [0.29, 0.717) is 74.3 Å². The molecule has 5 aliphatic rings. The van der Waals surface area contributed by atoms with Crippen LogP contribution in [0.25, 0.3) is 10.8 Å². The van der Waals surface area contributed by atoms with Crippen molar-refractivity contribution in [2.24, 2.45) is 5.41 Å². The summed E-state index contributed by atoms with van der Waals surface area (Å²) < 4.78 is 27.1. The number of carbonyl (C=O) groups is 3. The van der Waals surface area contributed by atoms with Gasteiger partial charge in [0.1, 0.15) is 11.4 Å². The second kappa shape index (κ2) is 13.6. The lowest BCUT2D eigenvalue weighted by molar-refractivity contribution is -0.203. The predicted octanol–water partition coefficient (Wildman–Crippen LogP) is 3.82. The number of aromatic amines is 1. The summed E-state index contributed by atoms with van der Waals surface area (Å²) in [4.78, 5) is 59.8. The molecule has 0 spiro atoms. The highest BCUT2D eigenvalue weighted by Crippen LogP contribution is 2.50. The van der Waals surface area contributed by atoms with Crippen molar-refractivity contribution in [1.82, 2.24) is 29.8 Å². The first-order chi connectivity index (χ1) is 24.3. The third-order valence-electron chi connectivity index (χ3n) is 11.0. The van der Waals surface area contributed by atoms with Gasteiger partial charge in [0, 0.05) is 70.7 Å². The number of H-pyrrole nitrogens is 1. The SMILES string of the molecule is CC(C)(C)OC(=O)N1CCN(CC23CCC(C(=O)N4CCN(C(=O)c5cc(Cc6n[nH]c(=O)c7ccccc67)ccc5F)CC4)(CC2)CO3)CC1. The second-order valence-corrected chi connectivity index (χ2v) is 15.6. The third kappa shape index (κ3) is 7.23. The molecule has 51 heavy (non-hydrogen) atoms. The molecule has 0 atom stereocenters. The van der Waals surface area contributed by atoms with E-state index in [1.165, 1.54) is 6.07 Å². The van der Waals surface area contributed by atoms with Gasteiger partial charge in [-0.3, -0.25) is 19.3 Å². The average molecular weight is 703 g/mol. The number of ether oxygens (including phenoxy) is 2. The smallest absolute Gasteiger partial charge is 0.410 e. The summed E-state index contributed by atoms with van der Waals surface area (Å²) >= 11 is 0. The van der Waals surface area contributed by atoms with E-state index in [-0.39, 0.29) is 28.7 Å². The molecule has 4 saturated heterocycles. The van der Waals surface area contributed by atoms with Gasteiger partial charge in [0.25, 0.3) is 11.5 Å². The Bertz CT molecular complexity index is 1850. The van der Waals surface area contributed by atoms with E-state index in [4.69, 9.17) is 9.47 Å². The maximum atomic E-state index is 15.0. The summed E-state index contributed by atoms with van der Waals surface area (Å²) in [6.45, 7) is 10.9. The highest BCUT2D eigenvalue weighted by atomic mass is 19.1. The lowest BCUT2D eigenvalue weighted by Gasteiger charge is -2.55. The van der Waals surface area contributed by atoms with Crippen LogP contribution in [0, 0.1) is 11.2 Å². The molecular weight excluding hydrogens is 655 g/mol. The molecule has 0 unspecified atom stereocenters. The highest BCUT2D eigenvalue weighted by molar-refractivity contribution is 5.95. The molecule has 12 nitrogen and oxygen atoms in total. The van der Waals surface area contributed by atoms with Crippen LogP contribution in [0.3, 0.4) is 0 Å². The fourth-order valence-electron chi connectivity index (χ4n) is 8.03. The Morgan fingerprint density at radius 1 is 0.882 bits per heavy atom. The van der Waals surface area contributed by atoms with Crippen LogP contribution >= 0.6 is 0 Å². The van der Waals surface area contributed by atoms with Crippen LogP contribution in [0.5, 0.6) is 0 Å².